The predicted molar refractivity (Wildman–Crippen MR) is 63.6 cm³/mol. The van der Waals surface area contributed by atoms with Gasteiger partial charge in [-0.1, -0.05) is 6.07 Å². The third-order valence-corrected chi connectivity index (χ3v) is 4.55. The molecule has 0 aromatic heterocycles. The third-order valence-electron chi connectivity index (χ3n) is 2.84. The van der Waals surface area contributed by atoms with Gasteiger partial charge in [-0.05, 0) is 44.4 Å². The standard InChI is InChI=1S/C11H16N2O2S/c1-8-3-4-10(9(12)7-8)16(14,15)13-11(2)5-6-11/h3-4,7,13H,5-6,12H2,1-2H3. The average Bonchev–Trinajstić information content (AvgIpc) is 2.80. The van der Waals surface area contributed by atoms with Crippen molar-refractivity contribution in [2.24, 2.45) is 0 Å². The number of benzene rings is 1. The van der Waals surface area contributed by atoms with E-state index in [2.05, 4.69) is 4.72 Å². The molecular weight excluding hydrogens is 224 g/mol. The molecule has 0 atom stereocenters. The zero-order chi connectivity index (χ0) is 12.0. The average molecular weight is 240 g/mol. The van der Waals surface area contributed by atoms with Crippen LogP contribution in [0.1, 0.15) is 25.3 Å². The third kappa shape index (κ3) is 2.20. The Morgan fingerprint density at radius 2 is 2.00 bits per heavy atom. The Morgan fingerprint density at radius 1 is 1.38 bits per heavy atom. The van der Waals surface area contributed by atoms with Crippen LogP contribution < -0.4 is 10.5 Å². The number of hydrogen-bond donors (Lipinski definition) is 2. The van der Waals surface area contributed by atoms with Gasteiger partial charge in [0.25, 0.3) is 0 Å². The first kappa shape index (κ1) is 11.4. The van der Waals surface area contributed by atoms with Gasteiger partial charge < -0.3 is 5.73 Å². The van der Waals surface area contributed by atoms with Crippen molar-refractivity contribution >= 4 is 15.7 Å². The molecule has 1 fully saturated rings. The van der Waals surface area contributed by atoms with E-state index in [1.54, 1.807) is 18.2 Å². The number of nitrogens with two attached hydrogens (primary N) is 1. The number of sulfonamides is 1. The normalized spacial score (nSPS) is 18.4. The van der Waals surface area contributed by atoms with E-state index in [9.17, 15) is 8.42 Å². The molecule has 0 amide bonds. The van der Waals surface area contributed by atoms with Crippen LogP contribution in [-0.4, -0.2) is 14.0 Å². The Kier molecular flexibility index (Phi) is 2.47. The monoisotopic (exact) mass is 240 g/mol. The van der Waals surface area contributed by atoms with E-state index >= 15 is 0 Å². The summed E-state index contributed by atoms with van der Waals surface area (Å²) in [4.78, 5) is 0.172. The lowest BCUT2D eigenvalue weighted by atomic mass is 10.2. The highest BCUT2D eigenvalue weighted by Crippen LogP contribution is 2.36. The van der Waals surface area contributed by atoms with Crippen molar-refractivity contribution in [2.75, 3.05) is 5.73 Å². The molecule has 4 nitrogen and oxygen atoms in total. The van der Waals surface area contributed by atoms with Crippen molar-refractivity contribution in [3.8, 4) is 0 Å². The first-order valence-electron chi connectivity index (χ1n) is 5.23. The maximum atomic E-state index is 12.0. The summed E-state index contributed by atoms with van der Waals surface area (Å²) in [6.45, 7) is 3.78. The van der Waals surface area contributed by atoms with Gasteiger partial charge in [-0.25, -0.2) is 13.1 Å². The fourth-order valence-corrected chi connectivity index (χ4v) is 3.16. The van der Waals surface area contributed by atoms with Gasteiger partial charge in [0.1, 0.15) is 4.90 Å². The summed E-state index contributed by atoms with van der Waals surface area (Å²) < 4.78 is 26.7. The topological polar surface area (TPSA) is 72.2 Å². The molecule has 0 aliphatic heterocycles. The van der Waals surface area contributed by atoms with Crippen LogP contribution in [0.2, 0.25) is 0 Å². The van der Waals surface area contributed by atoms with Gasteiger partial charge >= 0.3 is 0 Å². The number of hydrogen-bond acceptors (Lipinski definition) is 3. The van der Waals surface area contributed by atoms with Crippen LogP contribution in [0.25, 0.3) is 0 Å². The summed E-state index contributed by atoms with van der Waals surface area (Å²) in [6, 6.07) is 4.97. The number of rotatable bonds is 3. The van der Waals surface area contributed by atoms with Crippen LogP contribution >= 0.6 is 0 Å². The molecule has 3 N–H and O–H groups in total. The molecule has 1 aromatic carbocycles. The lowest BCUT2D eigenvalue weighted by Crippen LogP contribution is -2.34. The number of nitrogens with one attached hydrogen (secondary N) is 1. The molecule has 0 saturated heterocycles. The van der Waals surface area contributed by atoms with Crippen LogP contribution in [0, 0.1) is 6.92 Å². The van der Waals surface area contributed by atoms with Crippen molar-refractivity contribution in [1.82, 2.24) is 4.72 Å². The van der Waals surface area contributed by atoms with Crippen LogP contribution in [0.15, 0.2) is 23.1 Å². The van der Waals surface area contributed by atoms with E-state index in [1.807, 2.05) is 13.8 Å². The van der Waals surface area contributed by atoms with Crippen LogP contribution in [0.3, 0.4) is 0 Å². The second-order valence-electron chi connectivity index (χ2n) is 4.71. The molecule has 1 saturated carbocycles. The Bertz CT molecular complexity index is 519. The molecule has 16 heavy (non-hydrogen) atoms. The molecular formula is C11H16N2O2S. The molecule has 0 spiro atoms. The second-order valence-corrected chi connectivity index (χ2v) is 6.36. The van der Waals surface area contributed by atoms with Crippen molar-refractivity contribution in [3.05, 3.63) is 23.8 Å². The lowest BCUT2D eigenvalue weighted by Gasteiger charge is -2.13. The molecule has 1 aliphatic carbocycles. The fourth-order valence-electron chi connectivity index (χ4n) is 1.58. The Morgan fingerprint density at radius 3 is 2.50 bits per heavy atom. The summed E-state index contributed by atoms with van der Waals surface area (Å²) in [5.41, 5.74) is 6.72. The summed E-state index contributed by atoms with van der Waals surface area (Å²) in [5.74, 6) is 0. The minimum atomic E-state index is -3.48. The lowest BCUT2D eigenvalue weighted by molar-refractivity contribution is 0.558. The summed E-state index contributed by atoms with van der Waals surface area (Å²) in [7, 11) is -3.48. The highest BCUT2D eigenvalue weighted by atomic mass is 32.2. The van der Waals surface area contributed by atoms with E-state index in [1.165, 1.54) is 0 Å². The van der Waals surface area contributed by atoms with Gasteiger partial charge in [-0.3, -0.25) is 0 Å². The van der Waals surface area contributed by atoms with Crippen molar-refractivity contribution < 1.29 is 8.42 Å². The Balaban J connectivity index is 2.35. The molecule has 0 unspecified atom stereocenters. The molecule has 1 aliphatic rings. The molecule has 0 heterocycles. The Labute approximate surface area is 95.9 Å². The Hall–Kier alpha value is -1.07. The quantitative estimate of drug-likeness (QED) is 0.785. The fraction of sp³-hybridized carbons (Fsp3) is 0.455. The number of anilines is 1. The van der Waals surface area contributed by atoms with Gasteiger partial charge in [-0.2, -0.15) is 0 Å². The molecule has 5 heteroatoms. The summed E-state index contributed by atoms with van der Waals surface area (Å²) in [6.07, 6.45) is 1.77. The summed E-state index contributed by atoms with van der Waals surface area (Å²) in [5, 5.41) is 0. The van der Waals surface area contributed by atoms with Crippen molar-refractivity contribution in [1.29, 1.82) is 0 Å². The maximum Gasteiger partial charge on any atom is 0.243 e. The molecule has 88 valence electrons. The van der Waals surface area contributed by atoms with Crippen molar-refractivity contribution in [3.63, 3.8) is 0 Å². The van der Waals surface area contributed by atoms with E-state index in [4.69, 9.17) is 5.73 Å². The molecule has 2 rings (SSSR count). The van der Waals surface area contributed by atoms with Gasteiger partial charge in [0.2, 0.25) is 10.0 Å². The molecule has 1 aromatic rings. The van der Waals surface area contributed by atoms with E-state index < -0.39 is 10.0 Å². The first-order valence-corrected chi connectivity index (χ1v) is 6.71. The van der Waals surface area contributed by atoms with E-state index in [-0.39, 0.29) is 10.4 Å². The summed E-state index contributed by atoms with van der Waals surface area (Å²) >= 11 is 0. The minimum Gasteiger partial charge on any atom is -0.398 e. The zero-order valence-electron chi connectivity index (χ0n) is 9.45. The largest absolute Gasteiger partial charge is 0.398 e. The smallest absolute Gasteiger partial charge is 0.243 e. The van der Waals surface area contributed by atoms with Crippen LogP contribution in [0.4, 0.5) is 5.69 Å². The zero-order valence-corrected chi connectivity index (χ0v) is 10.3. The van der Waals surface area contributed by atoms with Gasteiger partial charge in [0, 0.05) is 5.54 Å². The van der Waals surface area contributed by atoms with E-state index in [0.717, 1.165) is 18.4 Å². The highest BCUT2D eigenvalue weighted by molar-refractivity contribution is 7.89. The van der Waals surface area contributed by atoms with E-state index in [0.29, 0.717) is 5.69 Å². The maximum absolute atomic E-state index is 12.0. The second kappa shape index (κ2) is 3.46. The van der Waals surface area contributed by atoms with Gasteiger partial charge in [0.15, 0.2) is 0 Å². The highest BCUT2D eigenvalue weighted by Gasteiger charge is 2.41. The van der Waals surface area contributed by atoms with Gasteiger partial charge in [0.05, 0.1) is 5.69 Å². The van der Waals surface area contributed by atoms with Gasteiger partial charge in [-0.15, -0.1) is 0 Å². The van der Waals surface area contributed by atoms with Crippen molar-refractivity contribution in [2.45, 2.75) is 37.1 Å². The van der Waals surface area contributed by atoms with Crippen LogP contribution in [0.5, 0.6) is 0 Å². The predicted octanol–water partition coefficient (Wildman–Crippen LogP) is 1.41. The van der Waals surface area contributed by atoms with Crippen LogP contribution in [-0.2, 0) is 10.0 Å². The minimum absolute atomic E-state index is 0.172. The number of nitrogen functional groups attached to an aromatic ring is 1. The first-order chi connectivity index (χ1) is 7.32. The molecule has 0 radical (unpaired) electrons. The SMILES string of the molecule is Cc1ccc(S(=O)(=O)NC2(C)CC2)c(N)c1. The number of aryl methyl sites for hydroxylation is 1. The molecule has 0 bridgehead atoms.